The summed E-state index contributed by atoms with van der Waals surface area (Å²) in [4.78, 5) is 70.2. The van der Waals surface area contributed by atoms with E-state index < -0.39 is 28.4 Å². The number of aromatic nitrogens is 3. The maximum atomic E-state index is 15.1. The number of hydrogen-bond acceptors (Lipinski definition) is 13. The van der Waals surface area contributed by atoms with E-state index in [9.17, 15) is 19.2 Å². The van der Waals surface area contributed by atoms with Gasteiger partial charge in [-0.25, -0.2) is 14.4 Å². The molecule has 7 rings (SSSR count). The number of benzene rings is 2. The standard InChI is InChI=1S/C49H64ClFN10O5S2/c1-29(33-13-15-34(16-14-33)40-30(2)56-28-67-40)57-44(63)38-8-7-23-61(38)45(64)41(59-46(65)49(51)19-20-49)48(3,4)68-27-32-11-9-31(10-12-32)25-53-21-22-54-43(62)35-17-18-37(39(24-35)66-6)58-47-55-26-36(50)42(52-5)60-47/h13-18,24,26,28-29,31-32,38,41,53H,7-12,19-23,25,27H2,1-6H3,(H,54,62)(H,57,63)(H,59,65)(H2,52,55,58,60)/t29-,31?,32?,38?,41+/m0/s1. The molecule has 1 unspecified atom stereocenters. The van der Waals surface area contributed by atoms with Crippen LogP contribution < -0.4 is 36.6 Å². The van der Waals surface area contributed by atoms with E-state index in [1.807, 2.05) is 57.5 Å². The third kappa shape index (κ3) is 12.6. The van der Waals surface area contributed by atoms with E-state index in [-0.39, 0.29) is 36.6 Å². The van der Waals surface area contributed by atoms with Crippen molar-refractivity contribution in [2.45, 2.75) is 108 Å². The predicted octanol–water partition coefficient (Wildman–Crippen LogP) is 7.85. The number of rotatable bonds is 21. The Hall–Kier alpha value is -5.04. The highest BCUT2D eigenvalue weighted by molar-refractivity contribution is 8.00. The summed E-state index contributed by atoms with van der Waals surface area (Å²) in [5.74, 6) is 1.43. The number of thioether (sulfide) groups is 1. The minimum Gasteiger partial charge on any atom is -0.495 e. The van der Waals surface area contributed by atoms with Crippen LogP contribution in [0.25, 0.3) is 10.4 Å². The topological polar surface area (TPSA) is 192 Å². The van der Waals surface area contributed by atoms with Crippen LogP contribution in [0.15, 0.2) is 54.2 Å². The summed E-state index contributed by atoms with van der Waals surface area (Å²) in [6.45, 7) is 10.1. The quantitative estimate of drug-likeness (QED) is 0.0444. The van der Waals surface area contributed by atoms with Crippen LogP contribution in [0.1, 0.15) is 99.8 Å². The highest BCUT2D eigenvalue weighted by Crippen LogP contribution is 2.42. The number of aryl methyl sites for hydroxylation is 1. The van der Waals surface area contributed by atoms with E-state index in [2.05, 4.69) is 46.9 Å². The first-order valence-electron chi connectivity index (χ1n) is 23.5. The van der Waals surface area contributed by atoms with E-state index in [4.69, 9.17) is 16.3 Å². The Labute approximate surface area is 411 Å². The molecule has 2 aliphatic carbocycles. The molecule has 3 atom stereocenters. The van der Waals surface area contributed by atoms with Gasteiger partial charge in [0.15, 0.2) is 5.67 Å². The van der Waals surface area contributed by atoms with Crippen molar-refractivity contribution < 1.29 is 28.3 Å². The summed E-state index contributed by atoms with van der Waals surface area (Å²) in [6, 6.07) is 11.2. The van der Waals surface area contributed by atoms with Gasteiger partial charge < -0.3 is 41.5 Å². The number of methoxy groups -OCH3 is 1. The van der Waals surface area contributed by atoms with E-state index in [1.165, 1.54) is 13.3 Å². The van der Waals surface area contributed by atoms with Gasteiger partial charge in [-0.1, -0.05) is 35.9 Å². The molecular formula is C49H64ClFN10O5S2. The van der Waals surface area contributed by atoms with E-state index in [1.54, 1.807) is 53.2 Å². The lowest BCUT2D eigenvalue weighted by Gasteiger charge is -2.39. The molecule has 3 aliphatic rings. The van der Waals surface area contributed by atoms with Gasteiger partial charge in [-0.15, -0.1) is 11.3 Å². The molecule has 0 spiro atoms. The zero-order valence-corrected chi connectivity index (χ0v) is 42.1. The fourth-order valence-electron chi connectivity index (χ4n) is 8.84. The summed E-state index contributed by atoms with van der Waals surface area (Å²) in [5.41, 5.74) is 3.92. The van der Waals surface area contributed by atoms with E-state index in [0.29, 0.717) is 78.1 Å². The molecule has 19 heteroatoms. The minimum absolute atomic E-state index is 0.141. The Morgan fingerprint density at radius 2 is 1.75 bits per heavy atom. The van der Waals surface area contributed by atoms with Gasteiger partial charge in [0.25, 0.3) is 11.8 Å². The molecule has 68 heavy (non-hydrogen) atoms. The van der Waals surface area contributed by atoms with Gasteiger partial charge >= 0.3 is 0 Å². The minimum atomic E-state index is -1.95. The van der Waals surface area contributed by atoms with Crippen LogP contribution in [0.2, 0.25) is 5.02 Å². The maximum Gasteiger partial charge on any atom is 0.258 e. The molecule has 1 saturated heterocycles. The molecule has 6 N–H and O–H groups in total. The van der Waals surface area contributed by atoms with Crippen molar-refractivity contribution in [3.05, 3.63) is 76.0 Å². The second-order valence-corrected chi connectivity index (χ2v) is 21.6. The van der Waals surface area contributed by atoms with Crippen LogP contribution in [0.5, 0.6) is 5.75 Å². The van der Waals surface area contributed by atoms with Crippen LogP contribution in [-0.2, 0) is 14.4 Å². The average Bonchev–Trinajstić information content (AvgIpc) is 3.66. The molecule has 0 radical (unpaired) electrons. The van der Waals surface area contributed by atoms with Gasteiger partial charge in [0.1, 0.15) is 28.7 Å². The second kappa shape index (κ2) is 22.6. The van der Waals surface area contributed by atoms with Gasteiger partial charge in [-0.3, -0.25) is 19.2 Å². The highest BCUT2D eigenvalue weighted by atomic mass is 35.5. The zero-order valence-electron chi connectivity index (χ0n) is 39.7. The number of thiazole rings is 1. The first-order valence-corrected chi connectivity index (χ1v) is 25.7. The predicted molar refractivity (Wildman–Crippen MR) is 269 cm³/mol. The van der Waals surface area contributed by atoms with Crippen molar-refractivity contribution in [2.75, 3.05) is 56.7 Å². The third-order valence-corrected chi connectivity index (χ3v) is 16.2. The zero-order chi connectivity index (χ0) is 48.6. The summed E-state index contributed by atoms with van der Waals surface area (Å²) < 4.78 is 19.9. The lowest BCUT2D eigenvalue weighted by atomic mass is 9.83. The monoisotopic (exact) mass is 990 g/mol. The van der Waals surface area contributed by atoms with Crippen molar-refractivity contribution in [1.29, 1.82) is 0 Å². The van der Waals surface area contributed by atoms with Crippen LogP contribution in [0, 0.1) is 18.8 Å². The van der Waals surface area contributed by atoms with Gasteiger partial charge in [-0.2, -0.15) is 16.7 Å². The maximum absolute atomic E-state index is 15.1. The number of alkyl halides is 1. The number of nitrogens with one attached hydrogen (secondary N) is 6. The van der Waals surface area contributed by atoms with Gasteiger partial charge in [0.05, 0.1) is 41.1 Å². The number of likely N-dealkylation sites (tertiary alicyclic amines) is 1. The van der Waals surface area contributed by atoms with Crippen molar-refractivity contribution in [1.82, 2.24) is 41.1 Å². The molecule has 4 amide bonds. The van der Waals surface area contributed by atoms with Crippen molar-refractivity contribution in [3.63, 3.8) is 0 Å². The van der Waals surface area contributed by atoms with Crippen molar-refractivity contribution in [2.24, 2.45) is 11.8 Å². The number of amides is 4. The third-order valence-electron chi connectivity index (χ3n) is 13.3. The van der Waals surface area contributed by atoms with Gasteiger partial charge in [0.2, 0.25) is 17.8 Å². The van der Waals surface area contributed by atoms with Crippen LogP contribution in [0.3, 0.4) is 0 Å². The van der Waals surface area contributed by atoms with Crippen LogP contribution in [0.4, 0.5) is 21.8 Å². The fraction of sp³-hybridized carbons (Fsp3) is 0.531. The molecule has 366 valence electrons. The normalized spacial score (nSPS) is 19.6. The number of anilines is 3. The number of hydrogen-bond donors (Lipinski definition) is 6. The van der Waals surface area contributed by atoms with E-state index in [0.717, 1.165) is 59.7 Å². The van der Waals surface area contributed by atoms with Gasteiger partial charge in [0, 0.05) is 37.0 Å². The van der Waals surface area contributed by atoms with Crippen molar-refractivity contribution >= 4 is 75.8 Å². The van der Waals surface area contributed by atoms with Crippen LogP contribution in [-0.4, -0.2) is 112 Å². The lowest BCUT2D eigenvalue weighted by molar-refractivity contribution is -0.143. The molecule has 2 aromatic heterocycles. The molecule has 4 aromatic rings. The molecule has 3 fully saturated rings. The number of carbonyl (C=O) groups excluding carboxylic acids is 4. The van der Waals surface area contributed by atoms with E-state index >= 15 is 4.39 Å². The SMILES string of the molecule is CNc1nc(Nc2ccc(C(=O)NCCNCC3CCC(CSC(C)(C)[C@H](NC(=O)C4(F)CC4)C(=O)N4CCCC4C(=O)N[C@@H](C)c4ccc(-c5scnc5C)cc4)CC3)cc2OC)ncc1Cl. The van der Waals surface area contributed by atoms with Crippen LogP contribution >= 0.6 is 34.7 Å². The molecule has 3 heterocycles. The number of nitrogens with zero attached hydrogens (tertiary/aromatic N) is 4. The Balaban J connectivity index is 0.856. The summed E-state index contributed by atoms with van der Waals surface area (Å²) in [7, 11) is 3.25. The van der Waals surface area contributed by atoms with Crippen molar-refractivity contribution in [3.8, 4) is 16.2 Å². The summed E-state index contributed by atoms with van der Waals surface area (Å²) in [6.07, 6.45) is 7.08. The average molecular weight is 992 g/mol. The number of carbonyl (C=O) groups is 4. The largest absolute Gasteiger partial charge is 0.495 e. The molecule has 15 nitrogen and oxygen atoms in total. The number of ether oxygens (including phenoxy) is 1. The Kier molecular flexibility index (Phi) is 16.9. The molecule has 0 bridgehead atoms. The molecule has 2 saturated carbocycles. The van der Waals surface area contributed by atoms with Gasteiger partial charge in [-0.05, 0) is 133 Å². The smallest absolute Gasteiger partial charge is 0.258 e. The summed E-state index contributed by atoms with van der Waals surface area (Å²) >= 11 is 9.33. The summed E-state index contributed by atoms with van der Waals surface area (Å²) in [5, 5.41) is 18.9. The Bertz CT molecular complexity index is 2410. The highest BCUT2D eigenvalue weighted by Gasteiger charge is 2.54. The number of halogens is 2. The Morgan fingerprint density at radius 1 is 1.01 bits per heavy atom. The first-order chi connectivity index (χ1) is 32.6. The molecule has 2 aromatic carbocycles. The molecular weight excluding hydrogens is 927 g/mol. The fourth-order valence-corrected chi connectivity index (χ4v) is 11.2. The lowest BCUT2D eigenvalue weighted by Crippen LogP contribution is -2.61. The Morgan fingerprint density at radius 3 is 2.43 bits per heavy atom. The first kappa shape index (κ1) is 50.8. The second-order valence-electron chi connectivity index (χ2n) is 18.6. The molecule has 1 aliphatic heterocycles.